The summed E-state index contributed by atoms with van der Waals surface area (Å²) in [6, 6.07) is 3.36. The number of carbonyl (C=O) groups excluding carboxylic acids is 2. The molecule has 3 aromatic rings. The molecule has 2 aromatic heterocycles. The van der Waals surface area contributed by atoms with Gasteiger partial charge in [-0.3, -0.25) is 4.79 Å². The second kappa shape index (κ2) is 14.5. The van der Waals surface area contributed by atoms with E-state index < -0.39 is 42.0 Å². The van der Waals surface area contributed by atoms with E-state index in [-0.39, 0.29) is 18.7 Å². The SMILES string of the molecule is COCCc1ccc2nc(CC(C)OC(C)(C)C(F)(F)F)[nH]c2c1.Cc1nonc1C(N)=O.O=C1NCC(C(F)(F)F)N1. The number of rotatable bonds is 8. The quantitative estimate of drug-likeness (QED) is 0.274. The van der Waals surface area contributed by atoms with Crippen molar-refractivity contribution in [2.75, 3.05) is 20.3 Å². The summed E-state index contributed by atoms with van der Waals surface area (Å²) in [5, 5.41) is 10.3. The number of halogens is 6. The van der Waals surface area contributed by atoms with E-state index in [1.54, 1.807) is 26.3 Å². The summed E-state index contributed by atoms with van der Waals surface area (Å²) in [5.41, 5.74) is 5.94. The standard InChI is InChI=1S/C17H23F3N2O2.C4H5F3N2O.C4H5N3O2/c1-11(24-16(2,3)17(18,19)20)9-15-21-13-6-5-12(7-8-23-4)10-14(13)22-15;5-4(6,7)2-1-8-3(10)9-2;1-2-3(4(5)8)7-9-6-2/h5-6,10-11H,7-9H2,1-4H3,(H,21,22);2H,1H2,(H2,8,9,10);1H3,(H2,5,8). The van der Waals surface area contributed by atoms with Gasteiger partial charge in [-0.05, 0) is 57.0 Å². The number of alkyl halides is 6. The molecule has 1 fully saturated rings. The molecule has 5 N–H and O–H groups in total. The first kappa shape index (κ1) is 35.3. The molecule has 1 aliphatic heterocycles. The lowest BCUT2D eigenvalue weighted by Gasteiger charge is -2.31. The summed E-state index contributed by atoms with van der Waals surface area (Å²) < 4.78 is 88.1. The number of nitrogens with two attached hydrogens (primary N) is 1. The highest BCUT2D eigenvalue weighted by Crippen LogP contribution is 2.34. The molecule has 4 rings (SSSR count). The Morgan fingerprint density at radius 2 is 1.86 bits per heavy atom. The van der Waals surface area contributed by atoms with Gasteiger partial charge in [0.05, 0.1) is 23.7 Å². The van der Waals surface area contributed by atoms with Gasteiger partial charge in [-0.15, -0.1) is 0 Å². The van der Waals surface area contributed by atoms with Crippen LogP contribution in [0.25, 0.3) is 11.0 Å². The molecule has 1 aliphatic rings. The predicted molar refractivity (Wildman–Crippen MR) is 140 cm³/mol. The molecule has 43 heavy (non-hydrogen) atoms. The Balaban J connectivity index is 0.000000276. The van der Waals surface area contributed by atoms with Gasteiger partial charge in [0, 0.05) is 20.1 Å². The van der Waals surface area contributed by atoms with E-state index in [4.69, 9.17) is 15.2 Å². The number of urea groups is 1. The summed E-state index contributed by atoms with van der Waals surface area (Å²) in [6.45, 7) is 5.53. The van der Waals surface area contributed by atoms with E-state index in [9.17, 15) is 35.9 Å². The first-order valence-electron chi connectivity index (χ1n) is 12.7. The van der Waals surface area contributed by atoms with Crippen molar-refractivity contribution in [2.45, 2.75) is 70.6 Å². The number of benzene rings is 1. The summed E-state index contributed by atoms with van der Waals surface area (Å²) in [5.74, 6) is -0.00637. The zero-order valence-corrected chi connectivity index (χ0v) is 23.9. The number of primary amides is 1. The van der Waals surface area contributed by atoms with E-state index in [0.29, 0.717) is 18.1 Å². The third kappa shape index (κ3) is 10.7. The van der Waals surface area contributed by atoms with Crippen molar-refractivity contribution < 1.29 is 50.0 Å². The van der Waals surface area contributed by atoms with Gasteiger partial charge in [0.25, 0.3) is 5.91 Å². The molecule has 0 bridgehead atoms. The number of aromatic nitrogens is 4. The summed E-state index contributed by atoms with van der Waals surface area (Å²) in [7, 11) is 1.65. The van der Waals surface area contributed by atoms with Crippen LogP contribution in [0.3, 0.4) is 0 Å². The number of H-pyrrole nitrogens is 1. The van der Waals surface area contributed by atoms with Crippen LogP contribution in [0.15, 0.2) is 22.8 Å². The maximum atomic E-state index is 12.9. The Morgan fingerprint density at radius 3 is 2.30 bits per heavy atom. The molecule has 0 saturated carbocycles. The molecular weight excluding hydrogens is 592 g/mol. The maximum absolute atomic E-state index is 12.9. The van der Waals surface area contributed by atoms with Gasteiger partial charge in [-0.2, -0.15) is 26.3 Å². The number of aromatic amines is 1. The molecular formula is C25H33F6N7O5. The van der Waals surface area contributed by atoms with Crippen molar-refractivity contribution in [3.8, 4) is 0 Å². The van der Waals surface area contributed by atoms with Gasteiger partial charge < -0.3 is 30.8 Å². The number of methoxy groups -OCH3 is 1. The summed E-state index contributed by atoms with van der Waals surface area (Å²) >= 11 is 0. The molecule has 3 heterocycles. The molecule has 18 heteroatoms. The molecule has 1 saturated heterocycles. The Bertz CT molecular complexity index is 1360. The van der Waals surface area contributed by atoms with E-state index in [2.05, 4.69) is 24.9 Å². The molecule has 1 aromatic carbocycles. The number of nitrogens with zero attached hydrogens (tertiary/aromatic N) is 3. The monoisotopic (exact) mass is 625 g/mol. The van der Waals surface area contributed by atoms with Gasteiger partial charge in [-0.25, -0.2) is 14.4 Å². The average molecular weight is 626 g/mol. The number of hydrogen-bond donors (Lipinski definition) is 4. The normalized spacial score (nSPS) is 16.0. The van der Waals surface area contributed by atoms with E-state index in [1.165, 1.54) is 0 Å². The molecule has 0 spiro atoms. The van der Waals surface area contributed by atoms with Crippen LogP contribution in [0, 0.1) is 6.92 Å². The van der Waals surface area contributed by atoms with Gasteiger partial charge in [0.15, 0.2) is 11.3 Å². The van der Waals surface area contributed by atoms with E-state index in [1.807, 2.05) is 23.5 Å². The van der Waals surface area contributed by atoms with Crippen LogP contribution in [-0.4, -0.2) is 82.6 Å². The van der Waals surface area contributed by atoms with Crippen LogP contribution in [0.5, 0.6) is 0 Å². The third-order valence-electron chi connectivity index (χ3n) is 5.90. The van der Waals surface area contributed by atoms with Gasteiger partial charge in [0.1, 0.15) is 17.6 Å². The van der Waals surface area contributed by atoms with E-state index in [0.717, 1.165) is 36.9 Å². The zero-order valence-electron chi connectivity index (χ0n) is 23.9. The van der Waals surface area contributed by atoms with Crippen molar-refractivity contribution in [1.82, 2.24) is 30.9 Å². The number of nitrogens with one attached hydrogen (secondary N) is 3. The molecule has 240 valence electrons. The van der Waals surface area contributed by atoms with Crippen LogP contribution in [0.1, 0.15) is 48.3 Å². The van der Waals surface area contributed by atoms with Crippen LogP contribution >= 0.6 is 0 Å². The second-order valence-electron chi connectivity index (χ2n) is 9.93. The lowest BCUT2D eigenvalue weighted by molar-refractivity contribution is -0.274. The highest BCUT2D eigenvalue weighted by atomic mass is 19.4. The fourth-order valence-corrected chi connectivity index (χ4v) is 3.57. The Kier molecular flexibility index (Phi) is 11.9. The smallest absolute Gasteiger partial charge is 0.384 e. The number of imidazole rings is 1. The summed E-state index contributed by atoms with van der Waals surface area (Å²) in [6.07, 6.45) is -8.29. The van der Waals surface area contributed by atoms with Gasteiger partial charge >= 0.3 is 18.4 Å². The number of amides is 3. The lowest BCUT2D eigenvalue weighted by atomic mass is 10.1. The first-order valence-corrected chi connectivity index (χ1v) is 12.7. The maximum Gasteiger partial charge on any atom is 0.416 e. The minimum Gasteiger partial charge on any atom is -0.384 e. The Labute approximate surface area is 242 Å². The topological polar surface area (TPSA) is 170 Å². The fraction of sp³-hybridized carbons (Fsp3) is 0.560. The Morgan fingerprint density at radius 1 is 1.19 bits per heavy atom. The van der Waals surface area contributed by atoms with Crippen molar-refractivity contribution in [3.05, 3.63) is 41.0 Å². The molecule has 2 unspecified atom stereocenters. The molecule has 12 nitrogen and oxygen atoms in total. The third-order valence-corrected chi connectivity index (χ3v) is 5.90. The average Bonchev–Trinajstić information content (AvgIpc) is 3.61. The van der Waals surface area contributed by atoms with Crippen LogP contribution in [0.2, 0.25) is 0 Å². The summed E-state index contributed by atoms with van der Waals surface area (Å²) in [4.78, 5) is 28.1. The number of aryl methyl sites for hydroxylation is 1. The second-order valence-corrected chi connectivity index (χ2v) is 9.93. The minimum absolute atomic E-state index is 0.0926. The van der Waals surface area contributed by atoms with Crippen molar-refractivity contribution >= 4 is 23.0 Å². The largest absolute Gasteiger partial charge is 0.416 e. The van der Waals surface area contributed by atoms with Gasteiger partial charge in [0.2, 0.25) is 0 Å². The van der Waals surface area contributed by atoms with Crippen LogP contribution in [-0.2, 0) is 22.3 Å². The van der Waals surface area contributed by atoms with Crippen molar-refractivity contribution in [3.63, 3.8) is 0 Å². The van der Waals surface area contributed by atoms with E-state index >= 15 is 0 Å². The van der Waals surface area contributed by atoms with Crippen molar-refractivity contribution in [2.24, 2.45) is 5.73 Å². The van der Waals surface area contributed by atoms with Crippen LogP contribution in [0.4, 0.5) is 31.1 Å². The number of ether oxygens (including phenoxy) is 2. The highest BCUT2D eigenvalue weighted by molar-refractivity contribution is 5.91. The first-order chi connectivity index (χ1) is 19.8. The number of carbonyl (C=O) groups is 2. The highest BCUT2D eigenvalue weighted by Gasteiger charge is 2.49. The molecule has 0 aliphatic carbocycles. The molecule has 0 radical (unpaired) electrons. The fourth-order valence-electron chi connectivity index (χ4n) is 3.57. The minimum atomic E-state index is -4.41. The zero-order chi connectivity index (χ0) is 32.6. The number of hydrogen-bond acceptors (Lipinski definition) is 8. The Hall–Kier alpha value is -3.93. The number of fused-ring (bicyclic) bond motifs is 1. The van der Waals surface area contributed by atoms with Crippen LogP contribution < -0.4 is 16.4 Å². The molecule has 3 amide bonds. The predicted octanol–water partition coefficient (Wildman–Crippen LogP) is 3.75. The molecule has 2 atom stereocenters. The van der Waals surface area contributed by atoms with Crippen molar-refractivity contribution in [1.29, 1.82) is 0 Å². The lowest BCUT2D eigenvalue weighted by Crippen LogP contribution is -2.44. The van der Waals surface area contributed by atoms with Gasteiger partial charge in [-0.1, -0.05) is 11.2 Å².